The van der Waals surface area contributed by atoms with E-state index in [1.165, 1.54) is 24.3 Å². The van der Waals surface area contributed by atoms with Crippen LogP contribution < -0.4 is 5.32 Å². The number of rotatable bonds is 3. The van der Waals surface area contributed by atoms with Crippen LogP contribution in [-0.2, 0) is 0 Å². The molecule has 0 atom stereocenters. The number of nitrogens with one attached hydrogen (secondary N) is 1. The molecule has 0 aliphatic carbocycles. The maximum absolute atomic E-state index is 13.7. The van der Waals surface area contributed by atoms with Crippen molar-refractivity contribution in [1.82, 2.24) is 4.98 Å². The SMILES string of the molecule is O=C(O)c1ccc2nc(Nc3cc(Br)ccc3F)oc2c1. The highest BCUT2D eigenvalue weighted by atomic mass is 79.9. The van der Waals surface area contributed by atoms with Gasteiger partial charge in [-0.2, -0.15) is 4.98 Å². The number of halogens is 2. The highest BCUT2D eigenvalue weighted by Gasteiger charge is 2.11. The molecule has 21 heavy (non-hydrogen) atoms. The topological polar surface area (TPSA) is 75.4 Å². The number of aromatic nitrogens is 1. The van der Waals surface area contributed by atoms with Gasteiger partial charge in [0.2, 0.25) is 0 Å². The highest BCUT2D eigenvalue weighted by Crippen LogP contribution is 2.26. The van der Waals surface area contributed by atoms with Gasteiger partial charge < -0.3 is 14.8 Å². The smallest absolute Gasteiger partial charge is 0.335 e. The van der Waals surface area contributed by atoms with E-state index in [4.69, 9.17) is 9.52 Å². The van der Waals surface area contributed by atoms with Gasteiger partial charge in [-0.3, -0.25) is 0 Å². The second-order valence-corrected chi connectivity index (χ2v) is 5.17. The van der Waals surface area contributed by atoms with E-state index in [-0.39, 0.29) is 17.3 Å². The van der Waals surface area contributed by atoms with Crippen LogP contribution in [0.5, 0.6) is 0 Å². The zero-order chi connectivity index (χ0) is 15.0. The number of oxazole rings is 1. The molecular formula is C14H8BrFN2O3. The molecule has 0 radical (unpaired) electrons. The van der Waals surface area contributed by atoms with Gasteiger partial charge in [-0.25, -0.2) is 9.18 Å². The van der Waals surface area contributed by atoms with Crippen molar-refractivity contribution >= 4 is 44.7 Å². The van der Waals surface area contributed by atoms with E-state index in [0.717, 1.165) is 0 Å². The standard InChI is InChI=1S/C14H8BrFN2O3/c15-8-2-3-9(16)11(6-8)18-14-17-10-4-1-7(13(19)20)5-12(10)21-14/h1-6H,(H,17,18)(H,19,20). The summed E-state index contributed by atoms with van der Waals surface area (Å²) in [6.07, 6.45) is 0. The molecule has 0 saturated carbocycles. The van der Waals surface area contributed by atoms with Crippen LogP contribution in [0, 0.1) is 5.82 Å². The molecule has 2 N–H and O–H groups in total. The molecular weight excluding hydrogens is 343 g/mol. The van der Waals surface area contributed by atoms with E-state index < -0.39 is 11.8 Å². The Kier molecular flexibility index (Phi) is 3.34. The lowest BCUT2D eigenvalue weighted by Crippen LogP contribution is -1.94. The number of carbonyl (C=O) groups is 1. The highest BCUT2D eigenvalue weighted by molar-refractivity contribution is 9.10. The predicted molar refractivity (Wildman–Crippen MR) is 78.4 cm³/mol. The molecule has 0 unspecified atom stereocenters. The summed E-state index contributed by atoms with van der Waals surface area (Å²) in [5, 5.41) is 11.6. The molecule has 2 aromatic carbocycles. The van der Waals surface area contributed by atoms with Crippen LogP contribution in [0.25, 0.3) is 11.1 Å². The fourth-order valence-electron chi connectivity index (χ4n) is 1.82. The first-order chi connectivity index (χ1) is 10.0. The molecule has 0 saturated heterocycles. The maximum atomic E-state index is 13.7. The Bertz CT molecular complexity index is 847. The number of carboxylic acid groups (broad SMARTS) is 1. The number of nitrogens with zero attached hydrogens (tertiary/aromatic N) is 1. The molecule has 0 bridgehead atoms. The minimum absolute atomic E-state index is 0.0875. The lowest BCUT2D eigenvalue weighted by atomic mass is 10.2. The Morgan fingerprint density at radius 1 is 1.29 bits per heavy atom. The van der Waals surface area contributed by atoms with Crippen LogP contribution >= 0.6 is 15.9 Å². The molecule has 0 aliphatic rings. The van der Waals surface area contributed by atoms with E-state index >= 15 is 0 Å². The first-order valence-electron chi connectivity index (χ1n) is 5.89. The molecule has 0 amide bonds. The Hall–Kier alpha value is -2.41. The van der Waals surface area contributed by atoms with Gasteiger partial charge in [-0.05, 0) is 36.4 Å². The summed E-state index contributed by atoms with van der Waals surface area (Å²) >= 11 is 3.25. The number of anilines is 2. The number of carboxylic acids is 1. The quantitative estimate of drug-likeness (QED) is 0.741. The summed E-state index contributed by atoms with van der Waals surface area (Å²) in [6, 6.07) is 8.84. The number of aromatic carboxylic acids is 1. The van der Waals surface area contributed by atoms with Gasteiger partial charge in [0.05, 0.1) is 11.3 Å². The molecule has 5 nitrogen and oxygen atoms in total. The van der Waals surface area contributed by atoms with Crippen LogP contribution in [0.4, 0.5) is 16.1 Å². The molecule has 1 heterocycles. The van der Waals surface area contributed by atoms with Crippen LogP contribution in [0.15, 0.2) is 45.3 Å². The molecule has 0 aliphatic heterocycles. The Morgan fingerprint density at radius 3 is 2.86 bits per heavy atom. The van der Waals surface area contributed by atoms with Crippen LogP contribution in [0.3, 0.4) is 0 Å². The zero-order valence-electron chi connectivity index (χ0n) is 10.4. The third kappa shape index (κ3) is 2.73. The van der Waals surface area contributed by atoms with E-state index in [2.05, 4.69) is 26.2 Å². The number of benzene rings is 2. The lowest BCUT2D eigenvalue weighted by molar-refractivity contribution is 0.0697. The molecule has 0 spiro atoms. The Labute approximate surface area is 126 Å². The van der Waals surface area contributed by atoms with Crippen molar-refractivity contribution in [2.75, 3.05) is 5.32 Å². The van der Waals surface area contributed by atoms with Crippen molar-refractivity contribution in [3.05, 3.63) is 52.3 Å². The summed E-state index contributed by atoms with van der Waals surface area (Å²) in [5.74, 6) is -1.51. The Morgan fingerprint density at radius 2 is 2.10 bits per heavy atom. The summed E-state index contributed by atoms with van der Waals surface area (Å²) in [4.78, 5) is 15.0. The fourth-order valence-corrected chi connectivity index (χ4v) is 2.18. The first-order valence-corrected chi connectivity index (χ1v) is 6.68. The number of hydrogen-bond acceptors (Lipinski definition) is 4. The van der Waals surface area contributed by atoms with Gasteiger partial charge in [-0.1, -0.05) is 15.9 Å². The molecule has 1 aromatic heterocycles. The maximum Gasteiger partial charge on any atom is 0.335 e. The summed E-state index contributed by atoms with van der Waals surface area (Å²) < 4.78 is 19.7. The van der Waals surface area contributed by atoms with Crippen LogP contribution in [0.2, 0.25) is 0 Å². The zero-order valence-corrected chi connectivity index (χ0v) is 12.0. The van der Waals surface area contributed by atoms with Gasteiger partial charge in [0.15, 0.2) is 5.58 Å². The van der Waals surface area contributed by atoms with Crippen molar-refractivity contribution in [1.29, 1.82) is 0 Å². The largest absolute Gasteiger partial charge is 0.478 e. The van der Waals surface area contributed by atoms with E-state index in [1.54, 1.807) is 12.1 Å². The Balaban J connectivity index is 1.97. The van der Waals surface area contributed by atoms with Gasteiger partial charge in [0, 0.05) is 4.47 Å². The van der Waals surface area contributed by atoms with E-state index in [0.29, 0.717) is 15.6 Å². The van der Waals surface area contributed by atoms with Crippen LogP contribution in [0.1, 0.15) is 10.4 Å². The van der Waals surface area contributed by atoms with Gasteiger partial charge >= 0.3 is 5.97 Å². The molecule has 3 aromatic rings. The second-order valence-electron chi connectivity index (χ2n) is 4.26. The predicted octanol–water partition coefficient (Wildman–Crippen LogP) is 4.17. The van der Waals surface area contributed by atoms with Gasteiger partial charge in [-0.15, -0.1) is 0 Å². The number of fused-ring (bicyclic) bond motifs is 1. The first kappa shape index (κ1) is 13.6. The number of hydrogen-bond donors (Lipinski definition) is 2. The van der Waals surface area contributed by atoms with Crippen molar-refractivity contribution in [2.45, 2.75) is 0 Å². The fraction of sp³-hybridized carbons (Fsp3) is 0. The summed E-state index contributed by atoms with van der Waals surface area (Å²) in [6.45, 7) is 0. The average Bonchev–Trinajstić information content (AvgIpc) is 2.84. The van der Waals surface area contributed by atoms with E-state index in [1.807, 2.05) is 0 Å². The third-order valence-electron chi connectivity index (χ3n) is 2.81. The molecule has 3 rings (SSSR count). The average molecular weight is 351 g/mol. The van der Waals surface area contributed by atoms with E-state index in [9.17, 15) is 9.18 Å². The van der Waals surface area contributed by atoms with Crippen molar-refractivity contribution < 1.29 is 18.7 Å². The summed E-state index contributed by atoms with van der Waals surface area (Å²) in [5.41, 5.74) is 1.10. The van der Waals surface area contributed by atoms with Gasteiger partial charge in [0.25, 0.3) is 6.01 Å². The van der Waals surface area contributed by atoms with Crippen LogP contribution in [-0.4, -0.2) is 16.1 Å². The van der Waals surface area contributed by atoms with Crippen molar-refractivity contribution in [3.8, 4) is 0 Å². The van der Waals surface area contributed by atoms with Crippen molar-refractivity contribution in [3.63, 3.8) is 0 Å². The molecule has 0 fully saturated rings. The minimum atomic E-state index is -1.05. The van der Waals surface area contributed by atoms with Crippen molar-refractivity contribution in [2.24, 2.45) is 0 Å². The normalized spacial score (nSPS) is 10.8. The second kappa shape index (κ2) is 5.17. The third-order valence-corrected chi connectivity index (χ3v) is 3.30. The minimum Gasteiger partial charge on any atom is -0.478 e. The monoisotopic (exact) mass is 350 g/mol. The molecule has 7 heteroatoms. The lowest BCUT2D eigenvalue weighted by Gasteiger charge is -2.03. The van der Waals surface area contributed by atoms with Gasteiger partial charge in [0.1, 0.15) is 11.3 Å². The summed E-state index contributed by atoms with van der Waals surface area (Å²) in [7, 11) is 0. The molecule has 106 valence electrons.